The zero-order valence-corrected chi connectivity index (χ0v) is 14.6. The number of hydrogen-bond donors (Lipinski definition) is 2. The molecule has 3 rings (SSSR count). The van der Waals surface area contributed by atoms with Gasteiger partial charge in [0.25, 0.3) is 5.56 Å². The van der Waals surface area contributed by atoms with Crippen molar-refractivity contribution in [3.63, 3.8) is 0 Å². The molecule has 25 heavy (non-hydrogen) atoms. The van der Waals surface area contributed by atoms with Crippen LogP contribution >= 0.6 is 11.8 Å². The Morgan fingerprint density at radius 2 is 2.04 bits per heavy atom. The lowest BCUT2D eigenvalue weighted by Gasteiger charge is -2.07. The van der Waals surface area contributed by atoms with E-state index in [0.717, 1.165) is 17.1 Å². The molecule has 128 valence electrons. The van der Waals surface area contributed by atoms with E-state index in [-0.39, 0.29) is 17.9 Å². The van der Waals surface area contributed by atoms with Crippen molar-refractivity contribution >= 4 is 34.3 Å². The molecule has 2 N–H and O–H groups in total. The van der Waals surface area contributed by atoms with E-state index in [1.165, 1.54) is 0 Å². The van der Waals surface area contributed by atoms with Gasteiger partial charge < -0.3 is 5.32 Å². The lowest BCUT2D eigenvalue weighted by molar-refractivity contribution is -0.115. The fourth-order valence-corrected chi connectivity index (χ4v) is 3.12. The Labute approximate surface area is 149 Å². The Morgan fingerprint density at radius 3 is 2.84 bits per heavy atom. The summed E-state index contributed by atoms with van der Waals surface area (Å²) in [6.45, 7) is 2.11. The van der Waals surface area contributed by atoms with Gasteiger partial charge in [-0.2, -0.15) is 16.9 Å². The number of H-pyrrole nitrogens is 1. The van der Waals surface area contributed by atoms with E-state index in [1.54, 1.807) is 24.4 Å². The lowest BCUT2D eigenvalue weighted by Crippen LogP contribution is -2.19. The van der Waals surface area contributed by atoms with Crippen molar-refractivity contribution in [2.24, 2.45) is 0 Å². The number of hydrogen-bond acceptors (Lipinski definition) is 5. The molecule has 0 bridgehead atoms. The Hall–Kier alpha value is -2.67. The second-order valence-corrected chi connectivity index (χ2v) is 6.73. The number of anilines is 1. The predicted octanol–water partition coefficient (Wildman–Crippen LogP) is 2.75. The topological polar surface area (TPSA) is 87.7 Å². The van der Waals surface area contributed by atoms with Crippen molar-refractivity contribution in [3.8, 4) is 0 Å². The molecule has 6 nitrogen and oxygen atoms in total. The highest BCUT2D eigenvalue weighted by molar-refractivity contribution is 7.98. The van der Waals surface area contributed by atoms with E-state index in [2.05, 4.69) is 27.4 Å². The van der Waals surface area contributed by atoms with E-state index < -0.39 is 0 Å². The van der Waals surface area contributed by atoms with Gasteiger partial charge in [0.2, 0.25) is 5.91 Å². The summed E-state index contributed by atoms with van der Waals surface area (Å²) in [7, 11) is 0. The van der Waals surface area contributed by atoms with Crippen molar-refractivity contribution in [3.05, 3.63) is 64.2 Å². The zero-order valence-electron chi connectivity index (χ0n) is 13.8. The molecule has 0 aliphatic carbocycles. The van der Waals surface area contributed by atoms with Gasteiger partial charge in [-0.3, -0.25) is 9.59 Å². The Balaban J connectivity index is 1.75. The highest BCUT2D eigenvalue weighted by Crippen LogP contribution is 2.16. The van der Waals surface area contributed by atoms with Gasteiger partial charge in [-0.25, -0.2) is 10.1 Å². The van der Waals surface area contributed by atoms with Crippen molar-refractivity contribution < 1.29 is 4.79 Å². The largest absolute Gasteiger partial charge is 0.310 e. The highest BCUT2D eigenvalue weighted by atomic mass is 32.2. The summed E-state index contributed by atoms with van der Waals surface area (Å²) in [6, 6.07) is 10.9. The van der Waals surface area contributed by atoms with Crippen LogP contribution in [0.1, 0.15) is 18.2 Å². The Bertz CT molecular complexity index is 955. The first kappa shape index (κ1) is 17.2. The second kappa shape index (κ2) is 7.94. The summed E-state index contributed by atoms with van der Waals surface area (Å²) in [4.78, 5) is 28.3. The monoisotopic (exact) mass is 354 g/mol. The van der Waals surface area contributed by atoms with Crippen LogP contribution in [-0.2, 0) is 17.0 Å². The lowest BCUT2D eigenvalue weighted by atomic mass is 10.1. The standard InChI is InChI=1S/C18H18N4O2S/c1-2-25-11-12-7-8-19-16(9-12)20-17(23)10-15-13-5-3-4-6-14(13)18(24)22-21-15/h3-9H,2,10-11H2,1H3,(H,22,24)(H,19,20,23). The molecule has 0 saturated heterocycles. The van der Waals surface area contributed by atoms with Crippen LogP contribution in [0, 0.1) is 0 Å². The van der Waals surface area contributed by atoms with Gasteiger partial charge in [0.1, 0.15) is 5.82 Å². The summed E-state index contributed by atoms with van der Waals surface area (Å²) < 4.78 is 0. The molecule has 0 aliphatic heterocycles. The van der Waals surface area contributed by atoms with Gasteiger partial charge in [0, 0.05) is 17.3 Å². The number of nitrogens with zero attached hydrogens (tertiary/aromatic N) is 2. The molecule has 0 radical (unpaired) electrons. The quantitative estimate of drug-likeness (QED) is 0.711. The first-order valence-electron chi connectivity index (χ1n) is 7.96. The van der Waals surface area contributed by atoms with Gasteiger partial charge in [0.15, 0.2) is 0 Å². The number of carbonyl (C=O) groups is 1. The van der Waals surface area contributed by atoms with Crippen molar-refractivity contribution in [1.29, 1.82) is 0 Å². The number of rotatable bonds is 6. The Kier molecular flexibility index (Phi) is 5.45. The normalized spacial score (nSPS) is 10.8. The molecule has 0 unspecified atom stereocenters. The molecule has 0 aliphatic rings. The van der Waals surface area contributed by atoms with Crippen LogP contribution in [0.25, 0.3) is 10.8 Å². The first-order chi connectivity index (χ1) is 12.2. The van der Waals surface area contributed by atoms with Crippen LogP contribution in [0.5, 0.6) is 0 Å². The number of carbonyl (C=O) groups excluding carboxylic acids is 1. The molecule has 1 amide bonds. The number of fused-ring (bicyclic) bond motifs is 1. The summed E-state index contributed by atoms with van der Waals surface area (Å²) in [5.74, 6) is 2.22. The van der Waals surface area contributed by atoms with Gasteiger partial charge >= 0.3 is 0 Å². The van der Waals surface area contributed by atoms with Crippen LogP contribution in [0.3, 0.4) is 0 Å². The van der Waals surface area contributed by atoms with Crippen molar-refractivity contribution in [1.82, 2.24) is 15.2 Å². The van der Waals surface area contributed by atoms with Crippen LogP contribution in [0.15, 0.2) is 47.4 Å². The smallest absolute Gasteiger partial charge is 0.272 e. The van der Waals surface area contributed by atoms with E-state index in [0.29, 0.717) is 22.3 Å². The maximum Gasteiger partial charge on any atom is 0.272 e. The molecule has 0 spiro atoms. The minimum Gasteiger partial charge on any atom is -0.310 e. The molecule has 1 aromatic carbocycles. The fourth-order valence-electron chi connectivity index (χ4n) is 2.50. The summed E-state index contributed by atoms with van der Waals surface area (Å²) in [5.41, 5.74) is 1.39. The third-order valence-electron chi connectivity index (χ3n) is 3.67. The molecule has 0 fully saturated rings. The highest BCUT2D eigenvalue weighted by Gasteiger charge is 2.11. The summed E-state index contributed by atoms with van der Waals surface area (Å²) >= 11 is 1.81. The van der Waals surface area contributed by atoms with Crippen LogP contribution in [0.4, 0.5) is 5.82 Å². The number of thioether (sulfide) groups is 1. The number of amides is 1. The van der Waals surface area contributed by atoms with Crippen LogP contribution in [-0.4, -0.2) is 26.8 Å². The third-order valence-corrected chi connectivity index (χ3v) is 4.61. The number of aromatic amines is 1. The van der Waals surface area contributed by atoms with E-state index in [4.69, 9.17) is 0 Å². The average molecular weight is 354 g/mol. The summed E-state index contributed by atoms with van der Waals surface area (Å²) in [6.07, 6.45) is 1.75. The van der Waals surface area contributed by atoms with Crippen LogP contribution < -0.4 is 10.9 Å². The number of benzene rings is 1. The minimum absolute atomic E-state index is 0.0624. The van der Waals surface area contributed by atoms with Gasteiger partial charge in [-0.15, -0.1) is 0 Å². The summed E-state index contributed by atoms with van der Waals surface area (Å²) in [5, 5.41) is 10.5. The molecule has 0 atom stereocenters. The third kappa shape index (κ3) is 4.24. The van der Waals surface area contributed by atoms with E-state index in [1.807, 2.05) is 30.0 Å². The molecule has 7 heteroatoms. The Morgan fingerprint density at radius 1 is 1.24 bits per heavy atom. The van der Waals surface area contributed by atoms with E-state index >= 15 is 0 Å². The minimum atomic E-state index is -0.262. The second-order valence-electron chi connectivity index (χ2n) is 5.46. The molecule has 0 saturated carbocycles. The predicted molar refractivity (Wildman–Crippen MR) is 101 cm³/mol. The SMILES string of the molecule is CCSCc1ccnc(NC(=O)Cc2n[nH]c(=O)c3ccccc23)c1. The fraction of sp³-hybridized carbons (Fsp3) is 0.222. The van der Waals surface area contributed by atoms with E-state index in [9.17, 15) is 9.59 Å². The molecular weight excluding hydrogens is 336 g/mol. The zero-order chi connectivity index (χ0) is 17.6. The van der Waals surface area contributed by atoms with Gasteiger partial charge in [0.05, 0.1) is 17.5 Å². The maximum absolute atomic E-state index is 12.3. The molecule has 3 aromatic rings. The van der Waals surface area contributed by atoms with Gasteiger partial charge in [-0.05, 0) is 29.5 Å². The van der Waals surface area contributed by atoms with Gasteiger partial charge in [-0.1, -0.05) is 25.1 Å². The first-order valence-corrected chi connectivity index (χ1v) is 9.11. The van der Waals surface area contributed by atoms with Crippen LogP contribution in [0.2, 0.25) is 0 Å². The number of pyridine rings is 1. The van der Waals surface area contributed by atoms with Crippen molar-refractivity contribution in [2.45, 2.75) is 19.1 Å². The molecule has 2 aromatic heterocycles. The maximum atomic E-state index is 12.3. The number of nitrogens with one attached hydrogen (secondary N) is 2. The molecule has 2 heterocycles. The number of aromatic nitrogens is 3. The van der Waals surface area contributed by atoms with Crippen molar-refractivity contribution in [2.75, 3.05) is 11.1 Å². The molecular formula is C18H18N4O2S. The average Bonchev–Trinajstić information content (AvgIpc) is 2.63.